The lowest BCUT2D eigenvalue weighted by atomic mass is 9.94. The highest BCUT2D eigenvalue weighted by Gasteiger charge is 2.29. The molecule has 0 atom stereocenters. The highest BCUT2D eigenvalue weighted by molar-refractivity contribution is 5.09. The zero-order valence-electron chi connectivity index (χ0n) is 10.6. The standard InChI is InChI=1S/C11H22N4/c1-10(2,3)9-14-13-8(7-12)15(9)11(4,5)6/h7,12H2,1-6H3. The third-order valence-corrected chi connectivity index (χ3v) is 2.25. The number of hydrogen-bond acceptors (Lipinski definition) is 3. The molecule has 15 heavy (non-hydrogen) atoms. The van der Waals surface area contributed by atoms with E-state index in [1.807, 2.05) is 0 Å². The van der Waals surface area contributed by atoms with Crippen LogP contribution in [0, 0.1) is 0 Å². The third kappa shape index (κ3) is 2.37. The molecule has 0 aromatic carbocycles. The Labute approximate surface area is 91.9 Å². The van der Waals surface area contributed by atoms with Gasteiger partial charge in [0, 0.05) is 11.0 Å². The normalized spacial score (nSPS) is 13.3. The molecule has 1 aromatic rings. The molecule has 0 bridgehead atoms. The first-order valence-electron chi connectivity index (χ1n) is 5.33. The molecule has 0 radical (unpaired) electrons. The molecule has 1 aromatic heterocycles. The van der Waals surface area contributed by atoms with Crippen molar-refractivity contribution in [2.24, 2.45) is 5.73 Å². The Morgan fingerprint density at radius 1 is 1.07 bits per heavy atom. The monoisotopic (exact) mass is 210 g/mol. The summed E-state index contributed by atoms with van der Waals surface area (Å²) in [6.07, 6.45) is 0. The molecule has 2 N–H and O–H groups in total. The Morgan fingerprint density at radius 3 is 1.93 bits per heavy atom. The Hall–Kier alpha value is -0.900. The quantitative estimate of drug-likeness (QED) is 0.768. The van der Waals surface area contributed by atoms with E-state index in [2.05, 4.69) is 56.3 Å². The maximum Gasteiger partial charge on any atom is 0.147 e. The Kier molecular flexibility index (Phi) is 2.92. The molecule has 0 aliphatic carbocycles. The van der Waals surface area contributed by atoms with Crippen LogP contribution in [0.4, 0.5) is 0 Å². The van der Waals surface area contributed by atoms with E-state index < -0.39 is 0 Å². The van der Waals surface area contributed by atoms with Gasteiger partial charge in [0.05, 0.1) is 6.54 Å². The summed E-state index contributed by atoms with van der Waals surface area (Å²) in [5.41, 5.74) is 5.65. The first-order chi connectivity index (χ1) is 6.68. The average Bonchev–Trinajstić information content (AvgIpc) is 2.44. The molecule has 0 spiro atoms. The average molecular weight is 210 g/mol. The van der Waals surface area contributed by atoms with Gasteiger partial charge < -0.3 is 10.3 Å². The highest BCUT2D eigenvalue weighted by Crippen LogP contribution is 2.27. The van der Waals surface area contributed by atoms with Gasteiger partial charge in [-0.05, 0) is 20.8 Å². The predicted molar refractivity (Wildman–Crippen MR) is 61.6 cm³/mol. The van der Waals surface area contributed by atoms with E-state index >= 15 is 0 Å². The zero-order valence-corrected chi connectivity index (χ0v) is 10.6. The van der Waals surface area contributed by atoms with Crippen molar-refractivity contribution in [2.75, 3.05) is 0 Å². The molecule has 0 fully saturated rings. The van der Waals surface area contributed by atoms with Gasteiger partial charge in [-0.2, -0.15) is 0 Å². The summed E-state index contributed by atoms with van der Waals surface area (Å²) in [7, 11) is 0. The van der Waals surface area contributed by atoms with Crippen LogP contribution in [0.25, 0.3) is 0 Å². The molecule has 0 saturated carbocycles. The van der Waals surface area contributed by atoms with Gasteiger partial charge in [0.1, 0.15) is 11.6 Å². The Morgan fingerprint density at radius 2 is 1.60 bits per heavy atom. The van der Waals surface area contributed by atoms with Gasteiger partial charge >= 0.3 is 0 Å². The summed E-state index contributed by atoms with van der Waals surface area (Å²) in [6, 6.07) is 0. The van der Waals surface area contributed by atoms with Gasteiger partial charge in [-0.3, -0.25) is 0 Å². The fourth-order valence-corrected chi connectivity index (χ4v) is 1.64. The van der Waals surface area contributed by atoms with E-state index in [1.54, 1.807) is 0 Å². The van der Waals surface area contributed by atoms with Gasteiger partial charge in [0.2, 0.25) is 0 Å². The van der Waals surface area contributed by atoms with Crippen molar-refractivity contribution in [3.63, 3.8) is 0 Å². The molecule has 1 rings (SSSR count). The predicted octanol–water partition coefficient (Wildman–Crippen LogP) is 1.79. The fraction of sp³-hybridized carbons (Fsp3) is 0.818. The molecule has 0 aliphatic heterocycles. The maximum atomic E-state index is 5.68. The Bertz CT molecular complexity index is 338. The van der Waals surface area contributed by atoms with Gasteiger partial charge in [0.25, 0.3) is 0 Å². The van der Waals surface area contributed by atoms with Crippen LogP contribution < -0.4 is 5.73 Å². The molecule has 0 saturated heterocycles. The molecular weight excluding hydrogens is 188 g/mol. The molecule has 1 heterocycles. The molecule has 86 valence electrons. The lowest BCUT2D eigenvalue weighted by Crippen LogP contribution is -2.31. The van der Waals surface area contributed by atoms with Crippen LogP contribution in [-0.4, -0.2) is 14.8 Å². The largest absolute Gasteiger partial charge is 0.324 e. The van der Waals surface area contributed by atoms with Crippen LogP contribution in [-0.2, 0) is 17.5 Å². The van der Waals surface area contributed by atoms with Crippen molar-refractivity contribution in [3.8, 4) is 0 Å². The maximum absolute atomic E-state index is 5.68. The van der Waals surface area contributed by atoms with E-state index in [0.29, 0.717) is 6.54 Å². The smallest absolute Gasteiger partial charge is 0.147 e. The number of nitrogens with zero attached hydrogens (tertiary/aromatic N) is 3. The van der Waals surface area contributed by atoms with Crippen LogP contribution in [0.2, 0.25) is 0 Å². The van der Waals surface area contributed by atoms with Crippen LogP contribution >= 0.6 is 0 Å². The number of aromatic nitrogens is 3. The van der Waals surface area contributed by atoms with Crippen LogP contribution in [0.15, 0.2) is 0 Å². The fourth-order valence-electron chi connectivity index (χ4n) is 1.64. The van der Waals surface area contributed by atoms with Gasteiger partial charge in [-0.15, -0.1) is 10.2 Å². The zero-order chi connectivity index (χ0) is 11.9. The summed E-state index contributed by atoms with van der Waals surface area (Å²) in [5, 5.41) is 8.41. The SMILES string of the molecule is CC(C)(C)c1nnc(CN)n1C(C)(C)C. The first kappa shape index (κ1) is 12.2. The number of rotatable bonds is 1. The van der Waals surface area contributed by atoms with E-state index in [9.17, 15) is 0 Å². The van der Waals surface area contributed by atoms with Crippen molar-refractivity contribution in [1.82, 2.24) is 14.8 Å². The molecule has 0 amide bonds. The lowest BCUT2D eigenvalue weighted by Gasteiger charge is -2.29. The lowest BCUT2D eigenvalue weighted by molar-refractivity contribution is 0.344. The highest BCUT2D eigenvalue weighted by atomic mass is 15.3. The van der Waals surface area contributed by atoms with Gasteiger partial charge in [0.15, 0.2) is 0 Å². The summed E-state index contributed by atoms with van der Waals surface area (Å²) in [4.78, 5) is 0. The van der Waals surface area contributed by atoms with Crippen molar-refractivity contribution in [3.05, 3.63) is 11.6 Å². The second-order valence-electron chi connectivity index (χ2n) is 5.90. The molecular formula is C11H22N4. The summed E-state index contributed by atoms with van der Waals surface area (Å²) < 4.78 is 2.15. The second-order valence-corrected chi connectivity index (χ2v) is 5.90. The molecule has 4 heteroatoms. The first-order valence-corrected chi connectivity index (χ1v) is 5.33. The molecule has 0 aliphatic rings. The number of hydrogen-bond donors (Lipinski definition) is 1. The van der Waals surface area contributed by atoms with E-state index in [-0.39, 0.29) is 11.0 Å². The summed E-state index contributed by atoms with van der Waals surface area (Å²) in [6.45, 7) is 13.3. The molecule has 0 unspecified atom stereocenters. The second kappa shape index (κ2) is 3.59. The van der Waals surface area contributed by atoms with Crippen molar-refractivity contribution in [2.45, 2.75) is 59.0 Å². The van der Waals surface area contributed by atoms with Crippen molar-refractivity contribution >= 4 is 0 Å². The topological polar surface area (TPSA) is 56.7 Å². The summed E-state index contributed by atoms with van der Waals surface area (Å²) in [5.74, 6) is 1.85. The van der Waals surface area contributed by atoms with Crippen LogP contribution in [0.1, 0.15) is 53.2 Å². The van der Waals surface area contributed by atoms with Gasteiger partial charge in [-0.1, -0.05) is 20.8 Å². The van der Waals surface area contributed by atoms with E-state index in [4.69, 9.17) is 5.73 Å². The minimum absolute atomic E-state index is 0.00625. The number of nitrogens with two attached hydrogens (primary N) is 1. The molecule has 4 nitrogen and oxygen atoms in total. The van der Waals surface area contributed by atoms with E-state index in [0.717, 1.165) is 11.6 Å². The van der Waals surface area contributed by atoms with Gasteiger partial charge in [-0.25, -0.2) is 0 Å². The van der Waals surface area contributed by atoms with Crippen LogP contribution in [0.3, 0.4) is 0 Å². The van der Waals surface area contributed by atoms with E-state index in [1.165, 1.54) is 0 Å². The minimum Gasteiger partial charge on any atom is -0.324 e. The Balaban J connectivity index is 3.37. The summed E-state index contributed by atoms with van der Waals surface area (Å²) >= 11 is 0. The van der Waals surface area contributed by atoms with Crippen molar-refractivity contribution < 1.29 is 0 Å². The third-order valence-electron chi connectivity index (χ3n) is 2.25. The van der Waals surface area contributed by atoms with Crippen LogP contribution in [0.5, 0.6) is 0 Å². The van der Waals surface area contributed by atoms with Crippen molar-refractivity contribution in [1.29, 1.82) is 0 Å². The minimum atomic E-state index is -0.0270.